The summed E-state index contributed by atoms with van der Waals surface area (Å²) in [6.07, 6.45) is 2.93. The number of hydrogen-bond acceptors (Lipinski definition) is 9. The third-order valence-corrected chi connectivity index (χ3v) is 5.42. The van der Waals surface area contributed by atoms with Gasteiger partial charge < -0.3 is 30.3 Å². The van der Waals surface area contributed by atoms with E-state index in [1.54, 1.807) is 43.6 Å². The number of fused-ring (bicyclic) bond motifs is 1. The fraction of sp³-hybridized carbons (Fsp3) is 0.231. The van der Waals surface area contributed by atoms with Gasteiger partial charge in [0, 0.05) is 42.7 Å². The highest BCUT2D eigenvalue weighted by Gasteiger charge is 2.12. The van der Waals surface area contributed by atoms with Gasteiger partial charge in [0.1, 0.15) is 18.5 Å². The van der Waals surface area contributed by atoms with Crippen LogP contribution in [0.3, 0.4) is 0 Å². The lowest BCUT2D eigenvalue weighted by molar-refractivity contribution is -0.117. The van der Waals surface area contributed by atoms with Gasteiger partial charge in [0.15, 0.2) is 0 Å². The highest BCUT2D eigenvalue weighted by Crippen LogP contribution is 2.23. The quantitative estimate of drug-likeness (QED) is 0.265. The maximum absolute atomic E-state index is 12.3. The van der Waals surface area contributed by atoms with E-state index in [0.717, 1.165) is 5.56 Å². The first kappa shape index (κ1) is 25.6. The first-order chi connectivity index (χ1) is 17.9. The van der Waals surface area contributed by atoms with Crippen LogP contribution in [0.4, 0.5) is 17.3 Å². The lowest BCUT2D eigenvalue weighted by Gasteiger charge is -2.16. The molecule has 0 aliphatic heterocycles. The number of rotatable bonds is 12. The minimum atomic E-state index is -0.540. The smallest absolute Gasteiger partial charge is 0.252 e. The zero-order chi connectivity index (χ0) is 26.2. The van der Waals surface area contributed by atoms with E-state index in [1.165, 1.54) is 6.26 Å². The number of aromatic nitrogens is 2. The summed E-state index contributed by atoms with van der Waals surface area (Å²) in [7, 11) is 3.49. The Balaban J connectivity index is 1.35. The van der Waals surface area contributed by atoms with Gasteiger partial charge in [-0.2, -0.15) is 4.98 Å². The molecule has 2 amide bonds. The molecule has 0 saturated carbocycles. The van der Waals surface area contributed by atoms with Crippen LogP contribution in [-0.2, 0) is 16.1 Å². The number of nitrogens with one attached hydrogen (secondary N) is 2. The van der Waals surface area contributed by atoms with E-state index in [2.05, 4.69) is 20.6 Å². The summed E-state index contributed by atoms with van der Waals surface area (Å²) in [6, 6.07) is 14.3. The van der Waals surface area contributed by atoms with Gasteiger partial charge in [-0.25, -0.2) is 4.98 Å². The van der Waals surface area contributed by atoms with Gasteiger partial charge in [0.05, 0.1) is 18.7 Å². The Bertz CT molecular complexity index is 1390. The zero-order valence-electron chi connectivity index (χ0n) is 20.6. The fourth-order valence-corrected chi connectivity index (χ4v) is 3.57. The Morgan fingerprint density at radius 3 is 2.78 bits per heavy atom. The number of carbonyl (C=O) groups is 2. The number of amides is 2. The average Bonchev–Trinajstić information content (AvgIpc) is 3.30. The second-order valence-corrected chi connectivity index (χ2v) is 8.34. The lowest BCUT2D eigenvalue weighted by atomic mass is 10.1. The molecule has 0 aliphatic carbocycles. The molecule has 2 aromatic carbocycles. The van der Waals surface area contributed by atoms with Crippen molar-refractivity contribution in [2.45, 2.75) is 6.61 Å². The fourth-order valence-electron chi connectivity index (χ4n) is 3.57. The first-order valence-corrected chi connectivity index (χ1v) is 11.5. The zero-order valence-corrected chi connectivity index (χ0v) is 20.6. The number of nitrogens with zero attached hydrogens (tertiary/aromatic N) is 3. The molecule has 2 aromatic heterocycles. The normalized spacial score (nSPS) is 11.0. The molecule has 11 nitrogen and oxygen atoms in total. The molecule has 0 aliphatic rings. The summed E-state index contributed by atoms with van der Waals surface area (Å²) >= 11 is 0. The number of furan rings is 1. The van der Waals surface area contributed by atoms with Crippen LogP contribution < -0.4 is 21.1 Å². The molecule has 4 N–H and O–H groups in total. The molecule has 37 heavy (non-hydrogen) atoms. The maximum atomic E-state index is 12.3. The van der Waals surface area contributed by atoms with Crippen molar-refractivity contribution in [2.75, 3.05) is 44.5 Å². The SMILES string of the molecule is COCCN(C)CC(=O)Nc1cccc(Nc2nccc(OCc3ccc4c(C(N)=O)coc4c3)n2)c1. The summed E-state index contributed by atoms with van der Waals surface area (Å²) in [5.41, 5.74) is 8.44. The predicted molar refractivity (Wildman–Crippen MR) is 139 cm³/mol. The Morgan fingerprint density at radius 2 is 1.97 bits per heavy atom. The molecular weight excluding hydrogens is 476 g/mol. The third kappa shape index (κ3) is 7.03. The molecule has 4 rings (SSSR count). The molecule has 0 saturated heterocycles. The molecule has 11 heteroatoms. The van der Waals surface area contributed by atoms with Crippen molar-refractivity contribution in [3.8, 4) is 5.88 Å². The summed E-state index contributed by atoms with van der Waals surface area (Å²) in [5.74, 6) is 0.0505. The van der Waals surface area contributed by atoms with E-state index in [1.807, 2.05) is 30.1 Å². The highest BCUT2D eigenvalue weighted by molar-refractivity contribution is 6.05. The number of nitrogens with two attached hydrogens (primary N) is 1. The standard InChI is InChI=1S/C26H28N6O5/c1-32(10-11-35-2)14-23(33)29-18-4-3-5-19(13-18)30-26-28-9-8-24(31-26)37-15-17-6-7-20-21(25(27)34)16-36-22(20)12-17/h3-9,12-13,16H,10-11,14-15H2,1-2H3,(H2,27,34)(H,29,33)(H,28,30,31). The minimum Gasteiger partial charge on any atom is -0.473 e. The second-order valence-electron chi connectivity index (χ2n) is 8.34. The van der Waals surface area contributed by atoms with Crippen LogP contribution in [0.15, 0.2) is 65.4 Å². The summed E-state index contributed by atoms with van der Waals surface area (Å²) < 4.78 is 16.3. The monoisotopic (exact) mass is 504 g/mol. The number of carbonyl (C=O) groups excluding carboxylic acids is 2. The molecule has 0 bridgehead atoms. The Labute approximate surface area is 213 Å². The number of likely N-dealkylation sites (N-methyl/N-ethyl adjacent to an activating group) is 1. The Kier molecular flexibility index (Phi) is 8.29. The topological polar surface area (TPSA) is 145 Å². The summed E-state index contributed by atoms with van der Waals surface area (Å²) in [4.78, 5) is 34.3. The van der Waals surface area contributed by atoms with E-state index >= 15 is 0 Å². The van der Waals surface area contributed by atoms with E-state index in [-0.39, 0.29) is 19.1 Å². The minimum absolute atomic E-state index is 0.124. The van der Waals surface area contributed by atoms with Gasteiger partial charge in [0.25, 0.3) is 5.91 Å². The molecule has 2 heterocycles. The number of ether oxygens (including phenoxy) is 2. The van der Waals surface area contributed by atoms with Crippen LogP contribution >= 0.6 is 0 Å². The second kappa shape index (κ2) is 12.0. The highest BCUT2D eigenvalue weighted by atomic mass is 16.5. The molecule has 0 radical (unpaired) electrons. The number of primary amides is 1. The predicted octanol–water partition coefficient (Wildman–Crippen LogP) is 3.16. The van der Waals surface area contributed by atoms with E-state index in [4.69, 9.17) is 19.6 Å². The van der Waals surface area contributed by atoms with Crippen molar-refractivity contribution in [1.82, 2.24) is 14.9 Å². The molecule has 0 atom stereocenters. The number of hydrogen-bond donors (Lipinski definition) is 3. The van der Waals surface area contributed by atoms with E-state index < -0.39 is 5.91 Å². The Morgan fingerprint density at radius 1 is 1.14 bits per heavy atom. The van der Waals surface area contributed by atoms with Crippen molar-refractivity contribution < 1.29 is 23.5 Å². The average molecular weight is 505 g/mol. The van der Waals surface area contributed by atoms with Crippen molar-refractivity contribution >= 4 is 40.1 Å². The van der Waals surface area contributed by atoms with Crippen molar-refractivity contribution in [3.05, 3.63) is 72.1 Å². The number of benzene rings is 2. The molecule has 192 valence electrons. The van der Waals surface area contributed by atoms with Gasteiger partial charge in [0.2, 0.25) is 17.7 Å². The van der Waals surface area contributed by atoms with Crippen LogP contribution in [0.25, 0.3) is 11.0 Å². The molecule has 0 unspecified atom stereocenters. The third-order valence-electron chi connectivity index (χ3n) is 5.42. The van der Waals surface area contributed by atoms with E-state index in [9.17, 15) is 9.59 Å². The van der Waals surface area contributed by atoms with Gasteiger partial charge in [-0.3, -0.25) is 14.5 Å². The summed E-state index contributed by atoms with van der Waals surface area (Å²) in [6.45, 7) is 1.71. The van der Waals surface area contributed by atoms with Crippen molar-refractivity contribution in [2.24, 2.45) is 5.73 Å². The number of anilines is 3. The number of methoxy groups -OCH3 is 1. The molecule has 4 aromatic rings. The van der Waals surface area contributed by atoms with Crippen LogP contribution in [0.1, 0.15) is 15.9 Å². The van der Waals surface area contributed by atoms with Crippen molar-refractivity contribution in [3.63, 3.8) is 0 Å². The van der Waals surface area contributed by atoms with Gasteiger partial charge in [-0.15, -0.1) is 0 Å². The summed E-state index contributed by atoms with van der Waals surface area (Å²) in [5, 5.41) is 6.66. The van der Waals surface area contributed by atoms with Crippen LogP contribution in [0, 0.1) is 0 Å². The molecule has 0 spiro atoms. The molecule has 0 fully saturated rings. The van der Waals surface area contributed by atoms with Crippen molar-refractivity contribution in [1.29, 1.82) is 0 Å². The maximum Gasteiger partial charge on any atom is 0.252 e. The van der Waals surface area contributed by atoms with Crippen LogP contribution in [0.5, 0.6) is 5.88 Å². The largest absolute Gasteiger partial charge is 0.473 e. The first-order valence-electron chi connectivity index (χ1n) is 11.5. The van der Waals surface area contributed by atoms with Crippen LogP contribution in [0.2, 0.25) is 0 Å². The molecular formula is C26H28N6O5. The van der Waals surface area contributed by atoms with Gasteiger partial charge in [-0.1, -0.05) is 12.1 Å². The Hall–Kier alpha value is -4.48. The lowest BCUT2D eigenvalue weighted by Crippen LogP contribution is -2.32. The van der Waals surface area contributed by atoms with Gasteiger partial charge in [-0.05, 0) is 42.9 Å². The van der Waals surface area contributed by atoms with E-state index in [0.29, 0.717) is 52.9 Å². The van der Waals surface area contributed by atoms with Crippen LogP contribution in [-0.4, -0.2) is 60.5 Å². The van der Waals surface area contributed by atoms with Gasteiger partial charge >= 0.3 is 0 Å².